The summed E-state index contributed by atoms with van der Waals surface area (Å²) in [5, 5.41) is 11.8. The lowest BCUT2D eigenvalue weighted by Crippen LogP contribution is -2.12. The first-order valence-corrected chi connectivity index (χ1v) is 7.05. The van der Waals surface area contributed by atoms with Gasteiger partial charge in [-0.2, -0.15) is 0 Å². The van der Waals surface area contributed by atoms with Crippen LogP contribution in [-0.4, -0.2) is 22.0 Å². The number of aliphatic carboxylic acids is 1. The van der Waals surface area contributed by atoms with Crippen molar-refractivity contribution < 1.29 is 14.7 Å². The van der Waals surface area contributed by atoms with Gasteiger partial charge in [0, 0.05) is 15.1 Å². The Morgan fingerprint density at radius 1 is 1.29 bits per heavy atom. The molecule has 0 aliphatic heterocycles. The number of nitrogens with one attached hydrogen (secondary N) is 1. The van der Waals surface area contributed by atoms with Crippen molar-refractivity contribution in [2.75, 3.05) is 5.32 Å². The molecule has 0 radical (unpaired) electrons. The maximum Gasteiger partial charge on any atom is 0.309 e. The fourth-order valence-electron chi connectivity index (χ4n) is 1.65. The molecule has 21 heavy (non-hydrogen) atoms. The number of anilines is 1. The summed E-state index contributed by atoms with van der Waals surface area (Å²) in [6.45, 7) is 0. The third kappa shape index (κ3) is 4.54. The molecule has 0 aliphatic rings. The lowest BCUT2D eigenvalue weighted by molar-refractivity contribution is -0.136. The maximum atomic E-state index is 12.1. The summed E-state index contributed by atoms with van der Waals surface area (Å²) in [6.07, 6.45) is 1.26. The van der Waals surface area contributed by atoms with E-state index in [1.807, 2.05) is 0 Å². The number of rotatable bonds is 4. The molecule has 2 N–H and O–H groups in total. The number of carbonyl (C=O) groups is 2. The summed E-state index contributed by atoms with van der Waals surface area (Å²) in [7, 11) is 0. The van der Waals surface area contributed by atoms with Crippen LogP contribution in [-0.2, 0) is 11.2 Å². The first-order valence-electron chi connectivity index (χ1n) is 5.88. The Morgan fingerprint density at radius 2 is 2.05 bits per heavy atom. The second-order valence-corrected chi connectivity index (χ2v) is 5.57. The molecule has 7 heteroatoms. The minimum atomic E-state index is -0.955. The molecule has 5 nitrogen and oxygen atoms in total. The lowest BCUT2D eigenvalue weighted by Gasteiger charge is -2.06. The van der Waals surface area contributed by atoms with Crippen LogP contribution in [0, 0.1) is 0 Å². The molecule has 1 aromatic carbocycles. The van der Waals surface area contributed by atoms with Gasteiger partial charge in [0.15, 0.2) is 0 Å². The monoisotopic (exact) mass is 368 g/mol. The molecule has 1 amide bonds. The van der Waals surface area contributed by atoms with Crippen LogP contribution >= 0.6 is 27.5 Å². The van der Waals surface area contributed by atoms with Gasteiger partial charge >= 0.3 is 5.97 Å². The quantitative estimate of drug-likeness (QED) is 0.866. The van der Waals surface area contributed by atoms with E-state index in [4.69, 9.17) is 16.7 Å². The van der Waals surface area contributed by atoms with Crippen LogP contribution in [0.1, 0.15) is 16.1 Å². The predicted molar refractivity (Wildman–Crippen MR) is 82.7 cm³/mol. The lowest BCUT2D eigenvalue weighted by atomic mass is 10.2. The summed E-state index contributed by atoms with van der Waals surface area (Å²) in [5.74, 6) is -1.28. The topological polar surface area (TPSA) is 79.3 Å². The number of amides is 1. The zero-order valence-corrected chi connectivity index (χ0v) is 13.0. The zero-order valence-electron chi connectivity index (χ0n) is 10.6. The second-order valence-electron chi connectivity index (χ2n) is 4.22. The molecule has 0 bridgehead atoms. The number of aromatic nitrogens is 1. The van der Waals surface area contributed by atoms with Crippen molar-refractivity contribution in [1.82, 2.24) is 4.98 Å². The van der Waals surface area contributed by atoms with E-state index < -0.39 is 5.97 Å². The average Bonchev–Trinajstić information content (AvgIpc) is 2.39. The van der Waals surface area contributed by atoms with E-state index in [2.05, 4.69) is 26.2 Å². The molecule has 0 fully saturated rings. The molecule has 0 saturated heterocycles. The van der Waals surface area contributed by atoms with Gasteiger partial charge in [0.25, 0.3) is 5.91 Å². The number of benzene rings is 1. The van der Waals surface area contributed by atoms with Gasteiger partial charge in [0.2, 0.25) is 0 Å². The van der Waals surface area contributed by atoms with Crippen LogP contribution in [0.5, 0.6) is 0 Å². The highest BCUT2D eigenvalue weighted by Gasteiger charge is 2.09. The SMILES string of the molecule is O=C(O)Cc1ccc(NC(=O)c2cc(Cl)cc(Br)c2)cn1. The van der Waals surface area contributed by atoms with E-state index in [0.717, 1.165) is 0 Å². The molecule has 0 atom stereocenters. The molecule has 0 unspecified atom stereocenters. The molecular formula is C14H10BrClN2O3. The van der Waals surface area contributed by atoms with Gasteiger partial charge in [-0.1, -0.05) is 27.5 Å². The Kier molecular flexibility index (Phi) is 4.93. The van der Waals surface area contributed by atoms with Crippen molar-refractivity contribution >= 4 is 45.1 Å². The Hall–Kier alpha value is -1.92. The molecular weight excluding hydrogens is 360 g/mol. The fourth-order valence-corrected chi connectivity index (χ4v) is 2.51. The van der Waals surface area contributed by atoms with Gasteiger partial charge in [-0.25, -0.2) is 0 Å². The summed E-state index contributed by atoms with van der Waals surface area (Å²) in [5.41, 5.74) is 1.31. The van der Waals surface area contributed by atoms with E-state index in [-0.39, 0.29) is 12.3 Å². The number of halogens is 2. The third-order valence-corrected chi connectivity index (χ3v) is 3.22. The summed E-state index contributed by atoms with van der Waals surface area (Å²) < 4.78 is 0.704. The summed E-state index contributed by atoms with van der Waals surface area (Å²) >= 11 is 9.16. The first kappa shape index (κ1) is 15.5. The van der Waals surface area contributed by atoms with Crippen LogP contribution in [0.4, 0.5) is 5.69 Å². The van der Waals surface area contributed by atoms with Crippen LogP contribution in [0.2, 0.25) is 5.02 Å². The summed E-state index contributed by atoms with van der Waals surface area (Å²) in [6, 6.07) is 8.03. The number of carboxylic acids is 1. The van der Waals surface area contributed by atoms with Gasteiger partial charge in [0.05, 0.1) is 24.0 Å². The largest absolute Gasteiger partial charge is 0.481 e. The van der Waals surface area contributed by atoms with Gasteiger partial charge in [-0.15, -0.1) is 0 Å². The highest BCUT2D eigenvalue weighted by Crippen LogP contribution is 2.20. The van der Waals surface area contributed by atoms with Gasteiger partial charge in [0.1, 0.15) is 0 Å². The highest BCUT2D eigenvalue weighted by atomic mass is 79.9. The van der Waals surface area contributed by atoms with Crippen LogP contribution < -0.4 is 5.32 Å². The van der Waals surface area contributed by atoms with Crippen molar-refractivity contribution in [2.24, 2.45) is 0 Å². The number of hydrogen-bond acceptors (Lipinski definition) is 3. The second kappa shape index (κ2) is 6.69. The van der Waals surface area contributed by atoms with E-state index >= 15 is 0 Å². The summed E-state index contributed by atoms with van der Waals surface area (Å²) in [4.78, 5) is 26.6. The number of carboxylic acid groups (broad SMARTS) is 1. The molecule has 2 aromatic rings. The highest BCUT2D eigenvalue weighted by molar-refractivity contribution is 9.10. The Labute approximate surface area is 134 Å². The standard InChI is InChI=1S/C14H10BrClN2O3/c15-9-3-8(4-10(16)5-9)14(21)18-12-2-1-11(17-7-12)6-13(19)20/h1-5,7H,6H2,(H,18,21)(H,19,20). The van der Waals surface area contributed by atoms with E-state index in [1.54, 1.807) is 30.3 Å². The number of nitrogens with zero attached hydrogens (tertiary/aromatic N) is 1. The van der Waals surface area contributed by atoms with Gasteiger partial charge < -0.3 is 10.4 Å². The van der Waals surface area contributed by atoms with Crippen LogP contribution in [0.3, 0.4) is 0 Å². The zero-order chi connectivity index (χ0) is 15.4. The molecule has 2 rings (SSSR count). The van der Waals surface area contributed by atoms with Gasteiger partial charge in [-0.3, -0.25) is 14.6 Å². The first-order chi connectivity index (χ1) is 9.94. The predicted octanol–water partition coefficient (Wildman–Crippen LogP) is 3.38. The van der Waals surface area contributed by atoms with Crippen molar-refractivity contribution in [3.63, 3.8) is 0 Å². The van der Waals surface area contributed by atoms with Crippen molar-refractivity contribution in [3.8, 4) is 0 Å². The average molecular weight is 370 g/mol. The molecule has 0 aliphatic carbocycles. The molecule has 0 spiro atoms. The Morgan fingerprint density at radius 3 is 2.62 bits per heavy atom. The third-order valence-electron chi connectivity index (χ3n) is 2.54. The smallest absolute Gasteiger partial charge is 0.309 e. The minimum absolute atomic E-state index is 0.157. The van der Waals surface area contributed by atoms with E-state index in [9.17, 15) is 9.59 Å². The number of hydrogen-bond donors (Lipinski definition) is 2. The van der Waals surface area contributed by atoms with E-state index in [1.165, 1.54) is 6.20 Å². The van der Waals surface area contributed by atoms with Gasteiger partial charge in [-0.05, 0) is 30.3 Å². The van der Waals surface area contributed by atoms with Crippen molar-refractivity contribution in [1.29, 1.82) is 0 Å². The fraction of sp³-hybridized carbons (Fsp3) is 0.0714. The molecule has 0 saturated carbocycles. The molecule has 108 valence electrons. The number of pyridine rings is 1. The Balaban J connectivity index is 2.10. The van der Waals surface area contributed by atoms with Crippen LogP contribution in [0.15, 0.2) is 41.0 Å². The normalized spacial score (nSPS) is 10.2. The minimum Gasteiger partial charge on any atom is -0.481 e. The van der Waals surface area contributed by atoms with E-state index in [0.29, 0.717) is 26.4 Å². The van der Waals surface area contributed by atoms with Crippen LogP contribution in [0.25, 0.3) is 0 Å². The maximum absolute atomic E-state index is 12.1. The molecule has 1 aromatic heterocycles. The number of carbonyl (C=O) groups excluding carboxylic acids is 1. The molecule has 1 heterocycles. The van der Waals surface area contributed by atoms with Crippen molar-refractivity contribution in [3.05, 3.63) is 57.3 Å². The van der Waals surface area contributed by atoms with Crippen molar-refractivity contribution in [2.45, 2.75) is 6.42 Å². The Bertz CT molecular complexity index is 669.